The van der Waals surface area contributed by atoms with Crippen molar-refractivity contribution >= 4 is 44.9 Å². The summed E-state index contributed by atoms with van der Waals surface area (Å²) in [6.07, 6.45) is 1.69. The molecule has 0 N–H and O–H groups in total. The molecule has 1 fully saturated rings. The summed E-state index contributed by atoms with van der Waals surface area (Å²) in [5, 5.41) is -0.271. The van der Waals surface area contributed by atoms with E-state index in [2.05, 4.69) is 15.9 Å². The van der Waals surface area contributed by atoms with Gasteiger partial charge in [-0.15, -0.1) is 0 Å². The Morgan fingerprint density at radius 3 is 2.59 bits per heavy atom. The van der Waals surface area contributed by atoms with Crippen molar-refractivity contribution in [1.82, 2.24) is 4.90 Å². The summed E-state index contributed by atoms with van der Waals surface area (Å²) in [7, 11) is 3.10. The molecule has 3 rings (SSSR count). The zero-order chi connectivity index (χ0) is 19.6. The highest BCUT2D eigenvalue weighted by Gasteiger charge is 2.35. The zero-order valence-corrected chi connectivity index (χ0v) is 17.5. The standard InChI is InChI=1S/C20H18BrNO4S/c1-12-5-4-6-13(7-12)11-22-19(23)17(27-20(22)24)10-14-8-15(21)18(26-3)16(9-14)25-2/h4-10H,11H2,1-3H3/b17-10+. The maximum Gasteiger partial charge on any atom is 0.293 e. The van der Waals surface area contributed by atoms with E-state index < -0.39 is 0 Å². The number of amides is 2. The summed E-state index contributed by atoms with van der Waals surface area (Å²) in [4.78, 5) is 26.7. The van der Waals surface area contributed by atoms with Crippen LogP contribution in [0.4, 0.5) is 4.79 Å². The first kappa shape index (κ1) is 19.5. The van der Waals surface area contributed by atoms with Crippen molar-refractivity contribution in [2.75, 3.05) is 14.2 Å². The van der Waals surface area contributed by atoms with Crippen LogP contribution < -0.4 is 9.47 Å². The predicted octanol–water partition coefficient (Wildman–Crippen LogP) is 5.01. The first-order chi connectivity index (χ1) is 12.9. The van der Waals surface area contributed by atoms with Crippen molar-refractivity contribution in [3.8, 4) is 11.5 Å². The maximum absolute atomic E-state index is 12.7. The molecular weight excluding hydrogens is 430 g/mol. The first-order valence-corrected chi connectivity index (χ1v) is 9.76. The molecule has 0 spiro atoms. The van der Waals surface area contributed by atoms with Gasteiger partial charge in [0.05, 0.1) is 30.1 Å². The second-order valence-electron chi connectivity index (χ2n) is 6.00. The summed E-state index contributed by atoms with van der Waals surface area (Å²) >= 11 is 4.38. The number of ether oxygens (including phenoxy) is 2. The lowest BCUT2D eigenvalue weighted by Gasteiger charge is -2.13. The van der Waals surface area contributed by atoms with Crippen molar-refractivity contribution in [3.63, 3.8) is 0 Å². The number of methoxy groups -OCH3 is 2. The number of aryl methyl sites for hydroxylation is 1. The van der Waals surface area contributed by atoms with Crippen LogP contribution >= 0.6 is 27.7 Å². The molecule has 0 aromatic heterocycles. The van der Waals surface area contributed by atoms with Crippen LogP contribution in [0.25, 0.3) is 6.08 Å². The summed E-state index contributed by atoms with van der Waals surface area (Å²) in [5.41, 5.74) is 2.75. The molecule has 2 aromatic rings. The minimum atomic E-state index is -0.294. The molecule has 1 aliphatic heterocycles. The molecule has 0 aliphatic carbocycles. The molecular formula is C20H18BrNO4S. The van der Waals surface area contributed by atoms with E-state index in [4.69, 9.17) is 9.47 Å². The zero-order valence-electron chi connectivity index (χ0n) is 15.1. The number of halogens is 1. The highest BCUT2D eigenvalue weighted by Crippen LogP contribution is 2.39. The molecule has 0 saturated carbocycles. The van der Waals surface area contributed by atoms with Crippen molar-refractivity contribution < 1.29 is 19.1 Å². The Bertz CT molecular complexity index is 942. The molecule has 7 heteroatoms. The molecule has 5 nitrogen and oxygen atoms in total. The average molecular weight is 448 g/mol. The van der Waals surface area contributed by atoms with Crippen molar-refractivity contribution in [2.24, 2.45) is 0 Å². The summed E-state index contributed by atoms with van der Waals surface area (Å²) in [6, 6.07) is 11.4. The molecule has 140 valence electrons. The van der Waals surface area contributed by atoms with E-state index in [9.17, 15) is 9.59 Å². The summed E-state index contributed by atoms with van der Waals surface area (Å²) in [5.74, 6) is 0.816. The average Bonchev–Trinajstić information content (AvgIpc) is 2.88. The molecule has 0 atom stereocenters. The van der Waals surface area contributed by atoms with E-state index in [1.807, 2.05) is 37.3 Å². The Morgan fingerprint density at radius 1 is 1.15 bits per heavy atom. The monoisotopic (exact) mass is 447 g/mol. The van der Waals surface area contributed by atoms with Gasteiger partial charge in [-0.3, -0.25) is 14.5 Å². The lowest BCUT2D eigenvalue weighted by Crippen LogP contribution is -2.27. The number of hydrogen-bond donors (Lipinski definition) is 0. The fraction of sp³-hybridized carbons (Fsp3) is 0.200. The molecule has 0 radical (unpaired) electrons. The minimum absolute atomic E-state index is 0.263. The molecule has 27 heavy (non-hydrogen) atoms. The van der Waals surface area contributed by atoms with Gasteiger partial charge in [0.15, 0.2) is 11.5 Å². The van der Waals surface area contributed by atoms with Gasteiger partial charge in [-0.1, -0.05) is 29.8 Å². The maximum atomic E-state index is 12.7. The Balaban J connectivity index is 1.87. The van der Waals surface area contributed by atoms with Crippen molar-refractivity contribution in [3.05, 3.63) is 62.5 Å². The fourth-order valence-electron chi connectivity index (χ4n) is 2.80. The van der Waals surface area contributed by atoms with E-state index in [0.29, 0.717) is 20.9 Å². The lowest BCUT2D eigenvalue weighted by molar-refractivity contribution is -0.123. The normalized spacial score (nSPS) is 15.6. The van der Waals surface area contributed by atoms with Gasteiger partial charge in [-0.05, 0) is 64.0 Å². The van der Waals surface area contributed by atoms with Crippen LogP contribution in [-0.4, -0.2) is 30.3 Å². The van der Waals surface area contributed by atoms with Gasteiger partial charge in [-0.25, -0.2) is 0 Å². The third-order valence-corrected chi connectivity index (χ3v) is 5.55. The second-order valence-corrected chi connectivity index (χ2v) is 7.84. The Kier molecular flexibility index (Phi) is 5.92. The minimum Gasteiger partial charge on any atom is -0.493 e. The summed E-state index contributed by atoms with van der Waals surface area (Å²) in [6.45, 7) is 2.24. The predicted molar refractivity (Wildman–Crippen MR) is 110 cm³/mol. The Labute approximate surface area is 170 Å². The van der Waals surface area contributed by atoms with Gasteiger partial charge in [-0.2, -0.15) is 0 Å². The van der Waals surface area contributed by atoms with Gasteiger partial charge in [0.1, 0.15) is 0 Å². The fourth-order valence-corrected chi connectivity index (χ4v) is 4.26. The number of thioether (sulfide) groups is 1. The van der Waals surface area contributed by atoms with E-state index in [-0.39, 0.29) is 17.7 Å². The Hall–Kier alpha value is -2.25. The van der Waals surface area contributed by atoms with E-state index in [1.54, 1.807) is 26.4 Å². The van der Waals surface area contributed by atoms with Gasteiger partial charge in [0.2, 0.25) is 0 Å². The molecule has 1 aliphatic rings. The van der Waals surface area contributed by atoms with E-state index >= 15 is 0 Å². The smallest absolute Gasteiger partial charge is 0.293 e. The third kappa shape index (κ3) is 4.20. The second kappa shape index (κ2) is 8.19. The van der Waals surface area contributed by atoms with Gasteiger partial charge >= 0.3 is 0 Å². The number of carbonyl (C=O) groups is 2. The van der Waals surface area contributed by atoms with Crippen molar-refractivity contribution in [2.45, 2.75) is 13.5 Å². The Morgan fingerprint density at radius 2 is 1.93 bits per heavy atom. The largest absolute Gasteiger partial charge is 0.493 e. The quantitative estimate of drug-likeness (QED) is 0.602. The van der Waals surface area contributed by atoms with Crippen LogP contribution in [0.3, 0.4) is 0 Å². The molecule has 1 saturated heterocycles. The number of imide groups is 1. The highest BCUT2D eigenvalue weighted by molar-refractivity contribution is 9.10. The number of nitrogens with zero attached hydrogens (tertiary/aromatic N) is 1. The van der Waals surface area contributed by atoms with Crippen LogP contribution in [0.15, 0.2) is 45.8 Å². The van der Waals surface area contributed by atoms with Crippen LogP contribution in [0.2, 0.25) is 0 Å². The lowest BCUT2D eigenvalue weighted by atomic mass is 10.1. The molecule has 2 aromatic carbocycles. The van der Waals surface area contributed by atoms with Crippen LogP contribution in [-0.2, 0) is 11.3 Å². The number of benzene rings is 2. The van der Waals surface area contributed by atoms with Crippen molar-refractivity contribution in [1.29, 1.82) is 0 Å². The van der Waals surface area contributed by atoms with Gasteiger partial charge in [0.25, 0.3) is 11.1 Å². The van der Waals surface area contributed by atoms with Gasteiger partial charge < -0.3 is 9.47 Å². The SMILES string of the molecule is COc1cc(/C=C2/SC(=O)N(Cc3cccc(C)c3)C2=O)cc(Br)c1OC. The van der Waals surface area contributed by atoms with Gasteiger partial charge in [0, 0.05) is 0 Å². The van der Waals surface area contributed by atoms with E-state index in [1.165, 1.54) is 4.90 Å². The topological polar surface area (TPSA) is 55.8 Å². The van der Waals surface area contributed by atoms with Crippen LogP contribution in [0.5, 0.6) is 11.5 Å². The van der Waals surface area contributed by atoms with E-state index in [0.717, 1.165) is 28.5 Å². The van der Waals surface area contributed by atoms with Crippen LogP contribution in [0.1, 0.15) is 16.7 Å². The molecule has 0 unspecified atom stereocenters. The number of rotatable bonds is 5. The molecule has 1 heterocycles. The summed E-state index contributed by atoms with van der Waals surface area (Å²) < 4.78 is 11.3. The third-order valence-electron chi connectivity index (χ3n) is 4.05. The number of hydrogen-bond acceptors (Lipinski definition) is 5. The number of carbonyl (C=O) groups excluding carboxylic acids is 2. The first-order valence-electron chi connectivity index (χ1n) is 8.15. The molecule has 2 amide bonds. The highest BCUT2D eigenvalue weighted by atomic mass is 79.9. The van der Waals surface area contributed by atoms with Crippen LogP contribution in [0, 0.1) is 6.92 Å². The molecule has 0 bridgehead atoms.